The number of hydrogen-bond acceptors (Lipinski definition) is 3. The van der Waals surface area contributed by atoms with Gasteiger partial charge in [-0.1, -0.05) is 0 Å². The molecule has 0 saturated heterocycles. The van der Waals surface area contributed by atoms with E-state index in [0.717, 1.165) is 22.6 Å². The molecule has 0 atom stereocenters. The molecule has 0 aliphatic carbocycles. The SMILES string of the molecule is CN(I)c1cnc2cnc3[nH]ccc3n12. The maximum absolute atomic E-state index is 4.31. The minimum absolute atomic E-state index is 0.862. The van der Waals surface area contributed by atoms with Crippen LogP contribution in [-0.4, -0.2) is 26.4 Å². The molecule has 1 N–H and O–H groups in total. The fourth-order valence-corrected chi connectivity index (χ4v) is 2.01. The second-order valence-electron chi connectivity index (χ2n) is 3.26. The number of rotatable bonds is 1. The lowest BCUT2D eigenvalue weighted by atomic mass is 10.5. The lowest BCUT2D eigenvalue weighted by Crippen LogP contribution is -2.03. The van der Waals surface area contributed by atoms with Crippen LogP contribution in [0.4, 0.5) is 5.82 Å². The van der Waals surface area contributed by atoms with Crippen LogP contribution in [0.1, 0.15) is 0 Å². The first kappa shape index (κ1) is 8.96. The highest BCUT2D eigenvalue weighted by molar-refractivity contribution is 14.1. The van der Waals surface area contributed by atoms with Gasteiger partial charge in [0.25, 0.3) is 0 Å². The molecule has 15 heavy (non-hydrogen) atoms. The molecule has 0 saturated carbocycles. The van der Waals surface area contributed by atoms with Crippen LogP contribution in [-0.2, 0) is 0 Å². The van der Waals surface area contributed by atoms with Gasteiger partial charge in [-0.05, 0) is 6.07 Å². The van der Waals surface area contributed by atoms with E-state index in [-0.39, 0.29) is 0 Å². The van der Waals surface area contributed by atoms with E-state index in [1.807, 2.05) is 28.6 Å². The first-order chi connectivity index (χ1) is 7.27. The van der Waals surface area contributed by atoms with Crippen LogP contribution in [0.2, 0.25) is 0 Å². The van der Waals surface area contributed by atoms with Crippen molar-refractivity contribution in [1.82, 2.24) is 19.4 Å². The number of hydrogen-bond donors (Lipinski definition) is 1. The van der Waals surface area contributed by atoms with Gasteiger partial charge in [-0.2, -0.15) is 0 Å². The zero-order chi connectivity index (χ0) is 10.4. The molecule has 3 aromatic heterocycles. The van der Waals surface area contributed by atoms with Crippen molar-refractivity contribution >= 4 is 45.5 Å². The van der Waals surface area contributed by atoms with Crippen LogP contribution in [0.25, 0.3) is 16.8 Å². The number of halogens is 1. The Morgan fingerprint density at radius 2 is 2.27 bits per heavy atom. The fraction of sp³-hybridized carbons (Fsp3) is 0.111. The molecule has 0 amide bonds. The predicted molar refractivity (Wildman–Crippen MR) is 67.3 cm³/mol. The smallest absolute Gasteiger partial charge is 0.157 e. The second kappa shape index (κ2) is 3.09. The van der Waals surface area contributed by atoms with Crippen molar-refractivity contribution in [2.24, 2.45) is 0 Å². The first-order valence-electron chi connectivity index (χ1n) is 4.46. The van der Waals surface area contributed by atoms with Crippen LogP contribution in [0, 0.1) is 0 Å². The van der Waals surface area contributed by atoms with Gasteiger partial charge in [0.2, 0.25) is 0 Å². The van der Waals surface area contributed by atoms with Crippen LogP contribution in [0.3, 0.4) is 0 Å². The zero-order valence-electron chi connectivity index (χ0n) is 7.98. The maximum atomic E-state index is 4.31. The minimum Gasteiger partial charge on any atom is -0.345 e. The van der Waals surface area contributed by atoms with Crippen molar-refractivity contribution in [2.45, 2.75) is 0 Å². The first-order valence-corrected chi connectivity index (χ1v) is 5.43. The number of nitrogens with zero attached hydrogens (tertiary/aromatic N) is 4. The Morgan fingerprint density at radius 1 is 1.40 bits per heavy atom. The van der Waals surface area contributed by atoms with Crippen molar-refractivity contribution in [3.63, 3.8) is 0 Å². The van der Waals surface area contributed by atoms with E-state index in [9.17, 15) is 0 Å². The molecule has 0 unspecified atom stereocenters. The normalized spacial score (nSPS) is 11.3. The Morgan fingerprint density at radius 3 is 3.07 bits per heavy atom. The third-order valence-corrected chi connectivity index (χ3v) is 2.83. The van der Waals surface area contributed by atoms with Gasteiger partial charge in [-0.25, -0.2) is 9.97 Å². The number of H-pyrrole nitrogens is 1. The topological polar surface area (TPSA) is 49.2 Å². The highest BCUT2D eigenvalue weighted by Crippen LogP contribution is 2.22. The van der Waals surface area contributed by atoms with Gasteiger partial charge in [0, 0.05) is 13.2 Å². The lowest BCUT2D eigenvalue weighted by molar-refractivity contribution is 1.17. The van der Waals surface area contributed by atoms with Gasteiger partial charge in [-0.3, -0.25) is 4.40 Å². The quantitative estimate of drug-likeness (QED) is 0.552. The maximum Gasteiger partial charge on any atom is 0.157 e. The monoisotopic (exact) mass is 313 g/mol. The van der Waals surface area contributed by atoms with Crippen LogP contribution < -0.4 is 3.11 Å². The molecule has 0 aliphatic rings. The van der Waals surface area contributed by atoms with E-state index in [1.54, 1.807) is 6.20 Å². The molecular formula is C9H8IN5. The molecule has 3 rings (SSSR count). The minimum atomic E-state index is 0.862. The number of fused-ring (bicyclic) bond motifs is 3. The molecule has 0 bridgehead atoms. The van der Waals surface area contributed by atoms with E-state index < -0.39 is 0 Å². The van der Waals surface area contributed by atoms with Gasteiger partial charge in [0.1, 0.15) is 5.82 Å². The summed E-state index contributed by atoms with van der Waals surface area (Å²) >= 11 is 2.23. The summed E-state index contributed by atoms with van der Waals surface area (Å²) in [7, 11) is 1.99. The van der Waals surface area contributed by atoms with Crippen LogP contribution in [0.15, 0.2) is 24.7 Å². The molecule has 3 aromatic rings. The summed E-state index contributed by atoms with van der Waals surface area (Å²) < 4.78 is 4.08. The van der Waals surface area contributed by atoms with Gasteiger partial charge in [-0.15, -0.1) is 0 Å². The van der Waals surface area contributed by atoms with E-state index in [1.165, 1.54) is 0 Å². The van der Waals surface area contributed by atoms with Gasteiger partial charge in [0.05, 0.1) is 40.8 Å². The molecule has 3 heterocycles. The molecule has 5 nitrogen and oxygen atoms in total. The van der Waals surface area contributed by atoms with Gasteiger partial charge < -0.3 is 8.10 Å². The summed E-state index contributed by atoms with van der Waals surface area (Å²) in [5.41, 5.74) is 2.78. The predicted octanol–water partition coefficient (Wildman–Crippen LogP) is 2.00. The van der Waals surface area contributed by atoms with Gasteiger partial charge >= 0.3 is 0 Å². The third kappa shape index (κ3) is 1.21. The van der Waals surface area contributed by atoms with Crippen molar-refractivity contribution < 1.29 is 0 Å². The standard InChI is InChI=1S/C9H8IN5/c1-14(10)8-5-12-7-4-13-9-6(15(7)8)2-3-11-9/h2-5,11H,1H3. The second-order valence-corrected chi connectivity index (χ2v) is 4.70. The summed E-state index contributed by atoms with van der Waals surface area (Å²) in [6.45, 7) is 0. The molecule has 0 fully saturated rings. The summed E-state index contributed by atoms with van der Waals surface area (Å²) in [5, 5.41) is 0. The largest absolute Gasteiger partial charge is 0.345 e. The Balaban J connectivity index is 2.52. The molecule has 0 spiro atoms. The van der Waals surface area contributed by atoms with E-state index in [2.05, 4.69) is 42.2 Å². The Labute approximate surface area is 99.6 Å². The van der Waals surface area contributed by atoms with Crippen molar-refractivity contribution in [3.05, 3.63) is 24.7 Å². The molecule has 0 aliphatic heterocycles. The van der Waals surface area contributed by atoms with E-state index >= 15 is 0 Å². The van der Waals surface area contributed by atoms with Crippen molar-refractivity contribution in [2.75, 3.05) is 10.2 Å². The summed E-state index contributed by atoms with van der Waals surface area (Å²) in [5.74, 6) is 1.04. The number of imidazole rings is 1. The lowest BCUT2D eigenvalue weighted by Gasteiger charge is -2.08. The molecule has 76 valence electrons. The zero-order valence-corrected chi connectivity index (χ0v) is 10.1. The Kier molecular flexibility index (Phi) is 1.84. The van der Waals surface area contributed by atoms with Crippen LogP contribution >= 0.6 is 22.9 Å². The summed E-state index contributed by atoms with van der Waals surface area (Å²) in [6, 6.07) is 2.00. The van der Waals surface area contributed by atoms with Crippen molar-refractivity contribution in [3.8, 4) is 0 Å². The molecule has 0 radical (unpaired) electrons. The molecule has 6 heteroatoms. The van der Waals surface area contributed by atoms with Gasteiger partial charge in [0.15, 0.2) is 11.3 Å². The highest BCUT2D eigenvalue weighted by atomic mass is 127. The molecular weight excluding hydrogens is 305 g/mol. The third-order valence-electron chi connectivity index (χ3n) is 2.34. The van der Waals surface area contributed by atoms with Crippen LogP contribution in [0.5, 0.6) is 0 Å². The number of nitrogens with one attached hydrogen (secondary N) is 1. The number of aromatic amines is 1. The van der Waals surface area contributed by atoms with E-state index in [4.69, 9.17) is 0 Å². The number of anilines is 1. The fourth-order valence-electron chi connectivity index (χ4n) is 1.67. The molecule has 0 aromatic carbocycles. The van der Waals surface area contributed by atoms with E-state index in [0.29, 0.717) is 0 Å². The average molecular weight is 313 g/mol. The Hall–Kier alpha value is -1.31. The summed E-state index contributed by atoms with van der Waals surface area (Å²) in [4.78, 5) is 11.7. The Bertz CT molecular complexity index is 624. The number of aromatic nitrogens is 4. The highest BCUT2D eigenvalue weighted by Gasteiger charge is 2.09. The van der Waals surface area contributed by atoms with Crippen molar-refractivity contribution in [1.29, 1.82) is 0 Å². The summed E-state index contributed by atoms with van der Waals surface area (Å²) in [6.07, 6.45) is 5.49. The average Bonchev–Trinajstić information content (AvgIpc) is 2.82.